The molecule has 0 spiro atoms. The van der Waals surface area contributed by atoms with Gasteiger partial charge in [0, 0.05) is 22.2 Å². The Morgan fingerprint density at radius 1 is 1.29 bits per heavy atom. The number of anilines is 1. The number of thioether (sulfide) groups is 1. The zero-order valence-corrected chi connectivity index (χ0v) is 14.2. The molecular weight excluding hydrogens is 300 g/mol. The van der Waals surface area contributed by atoms with Gasteiger partial charge in [-0.05, 0) is 5.56 Å². The first-order chi connectivity index (χ1) is 9.92. The predicted molar refractivity (Wildman–Crippen MR) is 92.2 cm³/mol. The highest BCUT2D eigenvalue weighted by Crippen LogP contribution is 2.24. The summed E-state index contributed by atoms with van der Waals surface area (Å²) in [6, 6.07) is 10.3. The molecule has 0 aliphatic rings. The predicted octanol–water partition coefficient (Wildman–Crippen LogP) is 4.20. The lowest BCUT2D eigenvalue weighted by Crippen LogP contribution is -2.18. The van der Waals surface area contributed by atoms with Gasteiger partial charge >= 0.3 is 0 Å². The van der Waals surface area contributed by atoms with Crippen LogP contribution in [-0.4, -0.2) is 21.4 Å². The van der Waals surface area contributed by atoms with E-state index in [-0.39, 0.29) is 10.7 Å². The number of rotatable bonds is 5. The van der Waals surface area contributed by atoms with E-state index in [1.807, 2.05) is 24.4 Å². The standard InChI is InChI=1S/C16H20N2OS2/c1-16(2,3)20-11-14(19)18-15-17-10-13(21-15)9-12-7-5-4-6-8-12/h4-8,10H,9,11H2,1-3H3,(H,17,18,19). The molecule has 0 saturated carbocycles. The lowest BCUT2D eigenvalue weighted by Gasteiger charge is -2.16. The monoisotopic (exact) mass is 320 g/mol. The number of aromatic nitrogens is 1. The zero-order valence-electron chi connectivity index (χ0n) is 12.6. The van der Waals surface area contributed by atoms with Crippen molar-refractivity contribution in [3.8, 4) is 0 Å². The van der Waals surface area contributed by atoms with E-state index in [4.69, 9.17) is 0 Å². The first-order valence-corrected chi connectivity index (χ1v) is 8.65. The molecule has 0 radical (unpaired) electrons. The van der Waals surface area contributed by atoms with Gasteiger partial charge in [-0.15, -0.1) is 23.1 Å². The van der Waals surface area contributed by atoms with Gasteiger partial charge in [-0.3, -0.25) is 4.79 Å². The Labute approximate surface area is 134 Å². The molecule has 1 N–H and O–H groups in total. The van der Waals surface area contributed by atoms with Crippen molar-refractivity contribution >= 4 is 34.1 Å². The van der Waals surface area contributed by atoms with Crippen LogP contribution in [0.2, 0.25) is 0 Å². The second-order valence-electron chi connectivity index (χ2n) is 5.74. The fraction of sp³-hybridized carbons (Fsp3) is 0.375. The summed E-state index contributed by atoms with van der Waals surface area (Å²) in [6.45, 7) is 6.31. The zero-order chi connectivity index (χ0) is 15.3. The van der Waals surface area contributed by atoms with E-state index >= 15 is 0 Å². The summed E-state index contributed by atoms with van der Waals surface area (Å²) in [5.41, 5.74) is 1.25. The number of carbonyl (C=O) groups excluding carboxylic acids is 1. The average molecular weight is 320 g/mol. The van der Waals surface area contributed by atoms with Crippen molar-refractivity contribution in [3.63, 3.8) is 0 Å². The van der Waals surface area contributed by atoms with E-state index in [9.17, 15) is 4.79 Å². The maximum absolute atomic E-state index is 11.9. The normalized spacial score (nSPS) is 11.4. The molecule has 21 heavy (non-hydrogen) atoms. The summed E-state index contributed by atoms with van der Waals surface area (Å²) in [5.74, 6) is 0.465. The molecule has 0 unspecified atom stereocenters. The van der Waals surface area contributed by atoms with E-state index < -0.39 is 0 Å². The van der Waals surface area contributed by atoms with Crippen LogP contribution < -0.4 is 5.32 Å². The lowest BCUT2D eigenvalue weighted by molar-refractivity contribution is -0.113. The highest BCUT2D eigenvalue weighted by molar-refractivity contribution is 8.01. The Bertz CT molecular complexity index is 588. The van der Waals surface area contributed by atoms with Crippen LogP contribution in [0.25, 0.3) is 0 Å². The van der Waals surface area contributed by atoms with Gasteiger partial charge in [-0.2, -0.15) is 0 Å². The third-order valence-corrected chi connectivity index (χ3v) is 4.84. The van der Waals surface area contributed by atoms with Gasteiger partial charge in [0.2, 0.25) is 5.91 Å². The van der Waals surface area contributed by atoms with Crippen LogP contribution in [0, 0.1) is 0 Å². The van der Waals surface area contributed by atoms with Crippen molar-refractivity contribution in [2.24, 2.45) is 0 Å². The Morgan fingerprint density at radius 3 is 2.67 bits per heavy atom. The minimum atomic E-state index is 0.00976. The van der Waals surface area contributed by atoms with Crippen molar-refractivity contribution in [1.82, 2.24) is 4.98 Å². The third kappa shape index (κ3) is 5.89. The maximum Gasteiger partial charge on any atom is 0.236 e. The number of hydrogen-bond donors (Lipinski definition) is 1. The molecule has 5 heteroatoms. The minimum Gasteiger partial charge on any atom is -0.301 e. The topological polar surface area (TPSA) is 42.0 Å². The number of thiazole rings is 1. The van der Waals surface area contributed by atoms with Crippen molar-refractivity contribution in [2.75, 3.05) is 11.1 Å². The van der Waals surface area contributed by atoms with Crippen LogP contribution in [0.4, 0.5) is 5.13 Å². The van der Waals surface area contributed by atoms with Crippen LogP contribution in [0.3, 0.4) is 0 Å². The fourth-order valence-electron chi connectivity index (χ4n) is 1.68. The average Bonchev–Trinajstić information content (AvgIpc) is 2.84. The summed E-state index contributed by atoms with van der Waals surface area (Å²) in [4.78, 5) is 17.3. The largest absolute Gasteiger partial charge is 0.301 e. The van der Waals surface area contributed by atoms with Crippen LogP contribution >= 0.6 is 23.1 Å². The van der Waals surface area contributed by atoms with Gasteiger partial charge in [0.05, 0.1) is 5.75 Å². The SMILES string of the molecule is CC(C)(C)SCC(=O)Nc1ncc(Cc2ccccc2)s1. The van der Waals surface area contributed by atoms with Crippen LogP contribution in [0.15, 0.2) is 36.5 Å². The third-order valence-electron chi connectivity index (χ3n) is 2.66. The molecule has 3 nitrogen and oxygen atoms in total. The highest BCUT2D eigenvalue weighted by Gasteiger charge is 2.14. The van der Waals surface area contributed by atoms with Gasteiger partial charge in [-0.1, -0.05) is 51.1 Å². The first kappa shape index (κ1) is 16.0. The van der Waals surface area contributed by atoms with Gasteiger partial charge in [-0.25, -0.2) is 4.98 Å². The molecule has 0 aliphatic heterocycles. The summed E-state index contributed by atoms with van der Waals surface area (Å²) in [7, 11) is 0. The second-order valence-corrected chi connectivity index (χ2v) is 8.66. The number of benzene rings is 1. The number of carbonyl (C=O) groups is 1. The number of nitrogens with one attached hydrogen (secondary N) is 1. The van der Waals surface area contributed by atoms with E-state index in [2.05, 4.69) is 43.2 Å². The van der Waals surface area contributed by atoms with E-state index in [1.165, 1.54) is 16.9 Å². The molecule has 0 atom stereocenters. The number of hydrogen-bond acceptors (Lipinski definition) is 4. The summed E-state index contributed by atoms with van der Waals surface area (Å²) in [5, 5.41) is 3.55. The van der Waals surface area contributed by atoms with Crippen LogP contribution in [-0.2, 0) is 11.2 Å². The summed E-state index contributed by atoms with van der Waals surface area (Å²) >= 11 is 3.17. The molecule has 2 aromatic rings. The van der Waals surface area contributed by atoms with Gasteiger partial charge in [0.15, 0.2) is 5.13 Å². The Balaban J connectivity index is 1.87. The second kappa shape index (κ2) is 7.09. The maximum atomic E-state index is 11.9. The van der Waals surface area contributed by atoms with Crippen molar-refractivity contribution in [1.29, 1.82) is 0 Å². The van der Waals surface area contributed by atoms with E-state index in [0.29, 0.717) is 10.9 Å². The van der Waals surface area contributed by atoms with Gasteiger partial charge in [0.25, 0.3) is 0 Å². The smallest absolute Gasteiger partial charge is 0.236 e. The van der Waals surface area contributed by atoms with Crippen molar-refractivity contribution < 1.29 is 4.79 Å². The quantitative estimate of drug-likeness (QED) is 0.897. The molecule has 1 amide bonds. The summed E-state index contributed by atoms with van der Waals surface area (Å²) < 4.78 is 0.0959. The molecule has 1 heterocycles. The number of nitrogens with zero attached hydrogens (tertiary/aromatic N) is 1. The molecule has 2 rings (SSSR count). The van der Waals surface area contributed by atoms with Crippen LogP contribution in [0.5, 0.6) is 0 Å². The molecular formula is C16H20N2OS2. The molecule has 0 bridgehead atoms. The Hall–Kier alpha value is -1.33. The van der Waals surface area contributed by atoms with Gasteiger partial charge in [0.1, 0.15) is 0 Å². The highest BCUT2D eigenvalue weighted by atomic mass is 32.2. The van der Waals surface area contributed by atoms with Gasteiger partial charge < -0.3 is 5.32 Å². The molecule has 0 saturated heterocycles. The molecule has 1 aromatic carbocycles. The van der Waals surface area contributed by atoms with Crippen molar-refractivity contribution in [3.05, 3.63) is 47.0 Å². The van der Waals surface area contributed by atoms with E-state index in [0.717, 1.165) is 11.3 Å². The van der Waals surface area contributed by atoms with Crippen molar-refractivity contribution in [2.45, 2.75) is 31.9 Å². The number of amides is 1. The molecule has 0 aliphatic carbocycles. The molecule has 112 valence electrons. The Morgan fingerprint density at radius 2 is 2.00 bits per heavy atom. The summed E-state index contributed by atoms with van der Waals surface area (Å²) in [6.07, 6.45) is 2.69. The van der Waals surface area contributed by atoms with Crippen LogP contribution in [0.1, 0.15) is 31.2 Å². The van der Waals surface area contributed by atoms with E-state index in [1.54, 1.807) is 11.8 Å². The Kier molecular flexibility index (Phi) is 5.42. The minimum absolute atomic E-state index is 0.00976. The molecule has 0 fully saturated rings. The fourth-order valence-corrected chi connectivity index (χ4v) is 3.18. The lowest BCUT2D eigenvalue weighted by atomic mass is 10.1. The molecule has 1 aromatic heterocycles. The first-order valence-electron chi connectivity index (χ1n) is 6.85.